The molecule has 25 heavy (non-hydrogen) atoms. The maximum atomic E-state index is 12.2. The molecule has 0 aromatic carbocycles. The highest BCUT2D eigenvalue weighted by atomic mass is 28.4. The van der Waals surface area contributed by atoms with Crippen molar-refractivity contribution in [2.24, 2.45) is 5.92 Å². The summed E-state index contributed by atoms with van der Waals surface area (Å²) >= 11 is 0. The van der Waals surface area contributed by atoms with Crippen molar-refractivity contribution in [1.82, 2.24) is 0 Å². The Labute approximate surface area is 156 Å². The Bertz CT molecular complexity index is 509. The number of unbranched alkanes of at least 4 members (excludes halogenated alkanes) is 2. The van der Waals surface area contributed by atoms with Crippen LogP contribution in [-0.2, 0) is 9.22 Å². The van der Waals surface area contributed by atoms with E-state index in [-0.39, 0.29) is 22.8 Å². The van der Waals surface area contributed by atoms with Crippen molar-refractivity contribution in [2.45, 2.75) is 90.5 Å². The van der Waals surface area contributed by atoms with Gasteiger partial charge in [0.2, 0.25) is 0 Å². The van der Waals surface area contributed by atoms with Crippen LogP contribution in [0.4, 0.5) is 0 Å². The molecule has 0 saturated heterocycles. The molecule has 142 valence electrons. The van der Waals surface area contributed by atoms with E-state index in [1.54, 1.807) is 6.08 Å². The summed E-state index contributed by atoms with van der Waals surface area (Å²) in [7, 11) is -1.80. The first-order valence-corrected chi connectivity index (χ1v) is 12.7. The first kappa shape index (κ1) is 22.1. The number of hydrogen-bond donors (Lipinski definition) is 0. The van der Waals surface area contributed by atoms with Crippen molar-refractivity contribution in [3.8, 4) is 0 Å². The Kier molecular flexibility index (Phi) is 8.56. The van der Waals surface area contributed by atoms with Crippen LogP contribution >= 0.6 is 0 Å². The van der Waals surface area contributed by atoms with Crippen LogP contribution in [0.15, 0.2) is 36.5 Å². The van der Waals surface area contributed by atoms with Crippen LogP contribution in [0.3, 0.4) is 0 Å². The number of allylic oxidation sites excluding steroid dienone is 4. The van der Waals surface area contributed by atoms with E-state index < -0.39 is 8.32 Å². The monoisotopic (exact) mass is 362 g/mol. The van der Waals surface area contributed by atoms with Crippen LogP contribution < -0.4 is 0 Å². The Morgan fingerprint density at radius 3 is 2.56 bits per heavy atom. The van der Waals surface area contributed by atoms with Crippen molar-refractivity contribution >= 4 is 14.1 Å². The lowest BCUT2D eigenvalue weighted by Crippen LogP contribution is -2.43. The molecular weight excluding hydrogens is 324 g/mol. The number of rotatable bonds is 10. The van der Waals surface area contributed by atoms with E-state index in [1.165, 1.54) is 19.3 Å². The van der Waals surface area contributed by atoms with Gasteiger partial charge in [0.15, 0.2) is 14.1 Å². The topological polar surface area (TPSA) is 26.3 Å². The van der Waals surface area contributed by atoms with Gasteiger partial charge in [0, 0.05) is 17.6 Å². The Morgan fingerprint density at radius 2 is 2.00 bits per heavy atom. The average Bonchev–Trinajstić information content (AvgIpc) is 2.84. The van der Waals surface area contributed by atoms with Crippen LogP contribution in [0.1, 0.15) is 66.2 Å². The molecule has 2 nitrogen and oxygen atoms in total. The molecule has 0 N–H and O–H groups in total. The van der Waals surface area contributed by atoms with Gasteiger partial charge in [0.05, 0.1) is 0 Å². The summed E-state index contributed by atoms with van der Waals surface area (Å²) in [6.07, 6.45) is 14.4. The molecule has 1 aliphatic rings. The van der Waals surface area contributed by atoms with Crippen LogP contribution in [-0.4, -0.2) is 20.2 Å². The van der Waals surface area contributed by atoms with Crippen molar-refractivity contribution in [3.63, 3.8) is 0 Å². The number of carbonyl (C=O) groups excluding carboxylic acids is 1. The Hall–Kier alpha value is -0.933. The largest absolute Gasteiger partial charge is 0.414 e. The second kappa shape index (κ2) is 9.68. The third-order valence-corrected chi connectivity index (χ3v) is 10.1. The predicted molar refractivity (Wildman–Crippen MR) is 111 cm³/mol. The maximum absolute atomic E-state index is 12.2. The lowest BCUT2D eigenvalue weighted by atomic mass is 9.96. The molecule has 0 saturated carbocycles. The smallest absolute Gasteiger partial charge is 0.192 e. The minimum Gasteiger partial charge on any atom is -0.414 e. The summed E-state index contributed by atoms with van der Waals surface area (Å²) in [6.45, 7) is 17.5. The fourth-order valence-corrected chi connectivity index (χ4v) is 4.32. The van der Waals surface area contributed by atoms with E-state index in [0.717, 1.165) is 24.8 Å². The number of hydrogen-bond acceptors (Lipinski definition) is 2. The second-order valence-electron chi connectivity index (χ2n) is 8.75. The SMILES string of the molecule is C=CC[C@H]1C=CC(=O)/C1=C/C[C@H](CCCCC)O[Si](C)(C)C(C)(C)C. The summed E-state index contributed by atoms with van der Waals surface area (Å²) < 4.78 is 6.68. The zero-order chi connectivity index (χ0) is 19.1. The summed E-state index contributed by atoms with van der Waals surface area (Å²) in [5, 5.41) is 0.208. The van der Waals surface area contributed by atoms with Crippen LogP contribution in [0.25, 0.3) is 0 Å². The fourth-order valence-electron chi connectivity index (χ4n) is 2.92. The summed E-state index contributed by atoms with van der Waals surface area (Å²) in [6, 6.07) is 0. The molecule has 0 fully saturated rings. The summed E-state index contributed by atoms with van der Waals surface area (Å²) in [5.41, 5.74) is 0.930. The highest BCUT2D eigenvalue weighted by molar-refractivity contribution is 6.74. The van der Waals surface area contributed by atoms with Crippen LogP contribution in [0.5, 0.6) is 0 Å². The molecular formula is C22H38O2Si. The van der Waals surface area contributed by atoms with Gasteiger partial charge in [-0.1, -0.05) is 65.2 Å². The van der Waals surface area contributed by atoms with Gasteiger partial charge < -0.3 is 4.43 Å². The second-order valence-corrected chi connectivity index (χ2v) is 13.5. The van der Waals surface area contributed by atoms with Gasteiger partial charge in [-0.05, 0) is 43.5 Å². The molecule has 2 atom stereocenters. The molecule has 1 rings (SSSR count). The summed E-state index contributed by atoms with van der Waals surface area (Å²) in [4.78, 5) is 12.2. The molecule has 0 aliphatic heterocycles. The first-order valence-electron chi connectivity index (χ1n) is 9.83. The van der Waals surface area contributed by atoms with Gasteiger partial charge in [0.1, 0.15) is 0 Å². The molecule has 0 bridgehead atoms. The van der Waals surface area contributed by atoms with E-state index in [1.807, 2.05) is 12.2 Å². The molecule has 0 spiro atoms. The maximum Gasteiger partial charge on any atom is 0.192 e. The van der Waals surface area contributed by atoms with Crippen LogP contribution in [0.2, 0.25) is 18.1 Å². The standard InChI is InChI=1S/C22H38O2Si/c1-8-10-11-13-19(24-25(6,7)22(3,4)5)15-16-20-18(12-9-2)14-17-21(20)23/h9,14,16-19H,2,8,10-13,15H2,1,3-7H3/b20-16+/t18-,19-/m0/s1. The van der Waals surface area contributed by atoms with Gasteiger partial charge in [-0.2, -0.15) is 0 Å². The predicted octanol–water partition coefficient (Wildman–Crippen LogP) is 6.60. The van der Waals surface area contributed by atoms with Crippen molar-refractivity contribution < 1.29 is 9.22 Å². The molecule has 0 aromatic rings. The van der Waals surface area contributed by atoms with Crippen LogP contribution in [0, 0.1) is 5.92 Å². The van der Waals surface area contributed by atoms with E-state index in [4.69, 9.17) is 4.43 Å². The van der Waals surface area contributed by atoms with Gasteiger partial charge in [0.25, 0.3) is 0 Å². The van der Waals surface area contributed by atoms with E-state index >= 15 is 0 Å². The third-order valence-electron chi connectivity index (χ3n) is 5.58. The average molecular weight is 363 g/mol. The lowest BCUT2D eigenvalue weighted by Gasteiger charge is -2.39. The van der Waals surface area contributed by atoms with Gasteiger partial charge >= 0.3 is 0 Å². The zero-order valence-electron chi connectivity index (χ0n) is 17.2. The highest BCUT2D eigenvalue weighted by Crippen LogP contribution is 2.38. The normalized spacial score (nSPS) is 21.1. The third kappa shape index (κ3) is 6.71. The molecule has 0 amide bonds. The molecule has 1 aliphatic carbocycles. The minimum atomic E-state index is -1.80. The lowest BCUT2D eigenvalue weighted by molar-refractivity contribution is -0.111. The van der Waals surface area contributed by atoms with Crippen molar-refractivity contribution in [2.75, 3.05) is 0 Å². The Balaban J connectivity index is 2.84. The number of carbonyl (C=O) groups is 1. The zero-order valence-corrected chi connectivity index (χ0v) is 18.2. The Morgan fingerprint density at radius 1 is 1.32 bits per heavy atom. The fraction of sp³-hybridized carbons (Fsp3) is 0.682. The molecule has 0 aromatic heterocycles. The molecule has 3 heteroatoms. The van der Waals surface area contributed by atoms with E-state index in [9.17, 15) is 4.79 Å². The number of ketones is 1. The first-order chi connectivity index (χ1) is 11.6. The molecule has 0 heterocycles. The quantitative estimate of drug-likeness (QED) is 0.189. The minimum absolute atomic E-state index is 0.159. The van der Waals surface area contributed by atoms with Gasteiger partial charge in [-0.15, -0.1) is 6.58 Å². The molecule has 0 unspecified atom stereocenters. The van der Waals surface area contributed by atoms with Crippen molar-refractivity contribution in [3.05, 3.63) is 36.5 Å². The van der Waals surface area contributed by atoms with E-state index in [0.29, 0.717) is 0 Å². The highest BCUT2D eigenvalue weighted by Gasteiger charge is 2.39. The van der Waals surface area contributed by atoms with Gasteiger partial charge in [-0.3, -0.25) is 4.79 Å². The summed E-state index contributed by atoms with van der Waals surface area (Å²) in [5.74, 6) is 0.362. The molecule has 0 radical (unpaired) electrons. The van der Waals surface area contributed by atoms with Gasteiger partial charge in [-0.25, -0.2) is 0 Å². The van der Waals surface area contributed by atoms with E-state index in [2.05, 4.69) is 53.4 Å². The van der Waals surface area contributed by atoms with Crippen molar-refractivity contribution in [1.29, 1.82) is 0 Å².